The molecule has 0 amide bonds. The number of hydrogen-bond acceptors (Lipinski definition) is 2. The largest absolute Gasteiger partial charge is 0.373 e. The Bertz CT molecular complexity index is 147. The SMILES string of the molecule is C=CC(NCC)C1CCC(C)O1. The van der Waals surface area contributed by atoms with Crippen molar-refractivity contribution in [2.75, 3.05) is 6.54 Å². The zero-order valence-electron chi connectivity index (χ0n) is 8.05. The summed E-state index contributed by atoms with van der Waals surface area (Å²) in [4.78, 5) is 0. The zero-order valence-corrected chi connectivity index (χ0v) is 8.05. The lowest BCUT2D eigenvalue weighted by molar-refractivity contribution is 0.0422. The lowest BCUT2D eigenvalue weighted by Crippen LogP contribution is -2.37. The number of rotatable bonds is 4. The Morgan fingerprint density at radius 3 is 2.83 bits per heavy atom. The molecule has 70 valence electrons. The van der Waals surface area contributed by atoms with Crippen LogP contribution in [0, 0.1) is 0 Å². The van der Waals surface area contributed by atoms with Gasteiger partial charge in [0.15, 0.2) is 0 Å². The molecule has 0 aromatic carbocycles. The van der Waals surface area contributed by atoms with Crippen LogP contribution in [0.4, 0.5) is 0 Å². The van der Waals surface area contributed by atoms with Crippen LogP contribution in [0.3, 0.4) is 0 Å². The van der Waals surface area contributed by atoms with E-state index in [4.69, 9.17) is 4.74 Å². The minimum absolute atomic E-state index is 0.333. The highest BCUT2D eigenvalue weighted by atomic mass is 16.5. The zero-order chi connectivity index (χ0) is 8.97. The monoisotopic (exact) mass is 169 g/mol. The average molecular weight is 169 g/mol. The van der Waals surface area contributed by atoms with E-state index in [1.54, 1.807) is 0 Å². The van der Waals surface area contributed by atoms with Gasteiger partial charge in [-0.1, -0.05) is 13.0 Å². The van der Waals surface area contributed by atoms with Crippen LogP contribution >= 0.6 is 0 Å². The molecule has 0 aromatic rings. The van der Waals surface area contributed by atoms with Crippen molar-refractivity contribution in [3.63, 3.8) is 0 Å². The second kappa shape index (κ2) is 4.63. The van der Waals surface area contributed by atoms with E-state index in [0.29, 0.717) is 18.2 Å². The third-order valence-corrected chi connectivity index (χ3v) is 2.36. The van der Waals surface area contributed by atoms with Crippen LogP contribution in [0.1, 0.15) is 26.7 Å². The van der Waals surface area contributed by atoms with Gasteiger partial charge in [0.2, 0.25) is 0 Å². The van der Waals surface area contributed by atoms with Crippen molar-refractivity contribution in [1.29, 1.82) is 0 Å². The molecule has 0 spiro atoms. The van der Waals surface area contributed by atoms with Gasteiger partial charge in [-0.05, 0) is 26.3 Å². The summed E-state index contributed by atoms with van der Waals surface area (Å²) in [6, 6.07) is 0.333. The van der Waals surface area contributed by atoms with Crippen LogP contribution in [-0.2, 0) is 4.74 Å². The first kappa shape index (κ1) is 9.75. The Morgan fingerprint density at radius 2 is 2.42 bits per heavy atom. The Kier molecular flexibility index (Phi) is 3.76. The van der Waals surface area contributed by atoms with Gasteiger partial charge in [-0.3, -0.25) is 0 Å². The molecule has 0 saturated carbocycles. The van der Waals surface area contributed by atoms with Gasteiger partial charge in [0.25, 0.3) is 0 Å². The van der Waals surface area contributed by atoms with Gasteiger partial charge >= 0.3 is 0 Å². The molecule has 0 aromatic heterocycles. The molecule has 2 nitrogen and oxygen atoms in total. The predicted octanol–water partition coefficient (Wildman–Crippen LogP) is 1.72. The highest BCUT2D eigenvalue weighted by Gasteiger charge is 2.26. The molecule has 1 aliphatic heterocycles. The van der Waals surface area contributed by atoms with Crippen molar-refractivity contribution in [2.24, 2.45) is 0 Å². The van der Waals surface area contributed by atoms with Crippen LogP contribution in [0.15, 0.2) is 12.7 Å². The Hall–Kier alpha value is -0.340. The van der Waals surface area contributed by atoms with Crippen LogP contribution in [0.25, 0.3) is 0 Å². The fraction of sp³-hybridized carbons (Fsp3) is 0.800. The molecule has 0 bridgehead atoms. The molecular weight excluding hydrogens is 150 g/mol. The van der Waals surface area contributed by atoms with Crippen LogP contribution in [0.5, 0.6) is 0 Å². The van der Waals surface area contributed by atoms with Crippen molar-refractivity contribution >= 4 is 0 Å². The summed E-state index contributed by atoms with van der Waals surface area (Å²) in [6.45, 7) is 9.02. The molecule has 1 saturated heterocycles. The maximum absolute atomic E-state index is 5.73. The van der Waals surface area contributed by atoms with Gasteiger partial charge in [0, 0.05) is 0 Å². The topological polar surface area (TPSA) is 21.3 Å². The molecule has 1 aliphatic rings. The van der Waals surface area contributed by atoms with E-state index in [1.165, 1.54) is 6.42 Å². The smallest absolute Gasteiger partial charge is 0.0768 e. The van der Waals surface area contributed by atoms with Gasteiger partial charge in [-0.25, -0.2) is 0 Å². The van der Waals surface area contributed by atoms with Gasteiger partial charge in [0.1, 0.15) is 0 Å². The second-order valence-electron chi connectivity index (χ2n) is 3.38. The number of ether oxygens (including phenoxy) is 1. The number of likely N-dealkylation sites (N-methyl/N-ethyl adjacent to an activating group) is 1. The fourth-order valence-corrected chi connectivity index (χ4v) is 1.70. The van der Waals surface area contributed by atoms with E-state index in [-0.39, 0.29) is 0 Å². The van der Waals surface area contributed by atoms with Gasteiger partial charge in [-0.15, -0.1) is 6.58 Å². The predicted molar refractivity (Wildman–Crippen MR) is 51.2 cm³/mol. The van der Waals surface area contributed by atoms with Crippen molar-refractivity contribution in [2.45, 2.75) is 44.9 Å². The van der Waals surface area contributed by atoms with E-state index >= 15 is 0 Å². The third kappa shape index (κ3) is 2.32. The van der Waals surface area contributed by atoms with Gasteiger partial charge in [0.05, 0.1) is 18.2 Å². The summed E-state index contributed by atoms with van der Waals surface area (Å²) in [5.74, 6) is 0. The first-order valence-corrected chi connectivity index (χ1v) is 4.79. The normalized spacial score (nSPS) is 31.8. The lowest BCUT2D eigenvalue weighted by Gasteiger charge is -2.20. The molecule has 1 heterocycles. The van der Waals surface area contributed by atoms with Crippen LogP contribution in [0.2, 0.25) is 0 Å². The third-order valence-electron chi connectivity index (χ3n) is 2.36. The van der Waals surface area contributed by atoms with E-state index in [0.717, 1.165) is 13.0 Å². The summed E-state index contributed by atoms with van der Waals surface area (Å²) >= 11 is 0. The molecule has 1 fully saturated rings. The summed E-state index contributed by atoms with van der Waals surface area (Å²) < 4.78 is 5.73. The highest BCUT2D eigenvalue weighted by Crippen LogP contribution is 2.21. The molecule has 0 aliphatic carbocycles. The first-order valence-electron chi connectivity index (χ1n) is 4.79. The second-order valence-corrected chi connectivity index (χ2v) is 3.38. The van der Waals surface area contributed by atoms with E-state index in [9.17, 15) is 0 Å². The summed E-state index contributed by atoms with van der Waals surface area (Å²) in [7, 11) is 0. The van der Waals surface area contributed by atoms with Crippen molar-refractivity contribution in [3.05, 3.63) is 12.7 Å². The molecule has 3 unspecified atom stereocenters. The van der Waals surface area contributed by atoms with Crippen LogP contribution < -0.4 is 5.32 Å². The van der Waals surface area contributed by atoms with E-state index < -0.39 is 0 Å². The highest BCUT2D eigenvalue weighted by molar-refractivity contribution is 4.94. The molecular formula is C10H19NO. The van der Waals surface area contributed by atoms with Crippen molar-refractivity contribution in [3.8, 4) is 0 Å². The van der Waals surface area contributed by atoms with E-state index in [1.807, 2.05) is 6.08 Å². The van der Waals surface area contributed by atoms with Crippen molar-refractivity contribution in [1.82, 2.24) is 5.32 Å². The average Bonchev–Trinajstić information content (AvgIpc) is 2.47. The summed E-state index contributed by atoms with van der Waals surface area (Å²) in [5.41, 5.74) is 0. The number of nitrogens with one attached hydrogen (secondary N) is 1. The standard InChI is InChI=1S/C10H19NO/c1-4-9(11-5-2)10-7-6-8(3)12-10/h4,8-11H,1,5-7H2,2-3H3. The molecule has 1 N–H and O–H groups in total. The molecule has 1 rings (SSSR count). The Morgan fingerprint density at radius 1 is 1.67 bits per heavy atom. The number of hydrogen-bond donors (Lipinski definition) is 1. The van der Waals surface area contributed by atoms with Gasteiger partial charge in [-0.2, -0.15) is 0 Å². The van der Waals surface area contributed by atoms with Gasteiger partial charge < -0.3 is 10.1 Å². The molecule has 2 heteroatoms. The minimum Gasteiger partial charge on any atom is -0.373 e. The quantitative estimate of drug-likeness (QED) is 0.647. The molecule has 0 radical (unpaired) electrons. The fourth-order valence-electron chi connectivity index (χ4n) is 1.70. The first-order chi connectivity index (χ1) is 5.77. The Labute approximate surface area is 75.0 Å². The van der Waals surface area contributed by atoms with E-state index in [2.05, 4.69) is 25.7 Å². The summed E-state index contributed by atoms with van der Waals surface area (Å²) in [6.07, 6.45) is 5.06. The lowest BCUT2D eigenvalue weighted by atomic mass is 10.1. The maximum Gasteiger partial charge on any atom is 0.0768 e. The summed E-state index contributed by atoms with van der Waals surface area (Å²) in [5, 5.41) is 3.35. The Balaban J connectivity index is 2.38. The molecule has 12 heavy (non-hydrogen) atoms. The van der Waals surface area contributed by atoms with Crippen molar-refractivity contribution < 1.29 is 4.74 Å². The minimum atomic E-state index is 0.333. The maximum atomic E-state index is 5.73. The molecule has 3 atom stereocenters. The van der Waals surface area contributed by atoms with Crippen LogP contribution in [-0.4, -0.2) is 24.8 Å².